The van der Waals surface area contributed by atoms with E-state index < -0.39 is 0 Å². The fourth-order valence-electron chi connectivity index (χ4n) is 5.74. The Kier molecular flexibility index (Phi) is 4.52. The van der Waals surface area contributed by atoms with Gasteiger partial charge in [0.2, 0.25) is 0 Å². The van der Waals surface area contributed by atoms with E-state index in [1.165, 1.54) is 38.5 Å². The minimum Gasteiger partial charge on any atom is -0.454 e. The number of fused-ring (bicyclic) bond motifs is 6. The van der Waals surface area contributed by atoms with Crippen LogP contribution in [0, 0.1) is 0 Å². The monoisotopic (exact) mass is 486 g/mol. The van der Waals surface area contributed by atoms with Crippen molar-refractivity contribution in [1.29, 1.82) is 0 Å². The van der Waals surface area contributed by atoms with Crippen LogP contribution in [-0.4, -0.2) is 9.55 Å². The molecule has 0 N–H and O–H groups in total. The van der Waals surface area contributed by atoms with Crippen molar-refractivity contribution in [2.75, 3.05) is 0 Å². The zero-order valence-electron chi connectivity index (χ0n) is 20.5. The van der Waals surface area contributed by atoms with E-state index in [2.05, 4.69) is 125 Å². The van der Waals surface area contributed by atoms with Crippen LogP contribution < -0.4 is 0 Å². The summed E-state index contributed by atoms with van der Waals surface area (Å²) in [5.41, 5.74) is 10.9. The van der Waals surface area contributed by atoms with Gasteiger partial charge >= 0.3 is 0 Å². The lowest BCUT2D eigenvalue weighted by atomic mass is 9.94. The van der Waals surface area contributed by atoms with Gasteiger partial charge in [-0.25, -0.2) is 0 Å². The SMILES string of the molecule is c1ccc(-c2ccc3oc4cccnc4c3c2)c(-c2ccc(-n3c4ccccc4c4ccccc43)cc2)c1. The van der Waals surface area contributed by atoms with E-state index in [9.17, 15) is 0 Å². The first kappa shape index (κ1) is 21.0. The molecule has 0 bridgehead atoms. The Labute approximate surface area is 219 Å². The van der Waals surface area contributed by atoms with Gasteiger partial charge in [0.15, 0.2) is 5.58 Å². The molecule has 3 nitrogen and oxygen atoms in total. The highest BCUT2D eigenvalue weighted by molar-refractivity contribution is 6.09. The average Bonchev–Trinajstić information content (AvgIpc) is 3.53. The maximum absolute atomic E-state index is 6.00. The Hall–Kier alpha value is -5.15. The Morgan fingerprint density at radius 3 is 1.87 bits per heavy atom. The first-order chi connectivity index (χ1) is 18.8. The van der Waals surface area contributed by atoms with Crippen LogP contribution in [0.2, 0.25) is 0 Å². The third-order valence-electron chi connectivity index (χ3n) is 7.48. The van der Waals surface area contributed by atoms with Crippen molar-refractivity contribution >= 4 is 43.9 Å². The van der Waals surface area contributed by atoms with Crippen LogP contribution in [0.4, 0.5) is 0 Å². The topological polar surface area (TPSA) is 31.0 Å². The maximum Gasteiger partial charge on any atom is 0.153 e. The summed E-state index contributed by atoms with van der Waals surface area (Å²) < 4.78 is 8.36. The molecule has 0 aliphatic carbocycles. The van der Waals surface area contributed by atoms with Gasteiger partial charge in [-0.2, -0.15) is 0 Å². The average molecular weight is 487 g/mol. The van der Waals surface area contributed by atoms with Gasteiger partial charge in [0.05, 0.1) is 11.0 Å². The molecule has 0 fully saturated rings. The Morgan fingerprint density at radius 2 is 1.13 bits per heavy atom. The highest BCUT2D eigenvalue weighted by Gasteiger charge is 2.14. The molecule has 0 aliphatic rings. The predicted molar refractivity (Wildman–Crippen MR) is 157 cm³/mol. The molecular weight excluding hydrogens is 464 g/mol. The Balaban J connectivity index is 1.26. The minimum absolute atomic E-state index is 0.814. The Morgan fingerprint density at radius 1 is 0.500 bits per heavy atom. The number of nitrogens with zero attached hydrogens (tertiary/aromatic N) is 2. The summed E-state index contributed by atoms with van der Waals surface area (Å²) in [5.74, 6) is 0. The lowest BCUT2D eigenvalue weighted by Crippen LogP contribution is -1.94. The lowest BCUT2D eigenvalue weighted by molar-refractivity contribution is 0.668. The standard InChI is InChI=1S/C35H22N2O/c1-2-9-27(24-17-20-33-30(22-24)35-34(38-33)14-7-21-36-35)26(8-1)23-15-18-25(19-16-23)37-31-12-5-3-10-28(31)29-11-4-6-13-32(29)37/h1-22H. The molecule has 3 aromatic heterocycles. The van der Waals surface area contributed by atoms with Crippen molar-refractivity contribution < 1.29 is 4.42 Å². The van der Waals surface area contributed by atoms with Gasteiger partial charge in [0.1, 0.15) is 11.1 Å². The molecule has 0 atom stereocenters. The molecular formula is C35H22N2O. The molecule has 178 valence electrons. The number of benzene rings is 5. The Bertz CT molecular complexity index is 2080. The van der Waals surface area contributed by atoms with Crippen molar-refractivity contribution in [2.24, 2.45) is 0 Å². The lowest BCUT2D eigenvalue weighted by Gasteiger charge is -2.12. The molecule has 0 aliphatic heterocycles. The first-order valence-corrected chi connectivity index (χ1v) is 12.8. The van der Waals surface area contributed by atoms with Crippen LogP contribution in [-0.2, 0) is 0 Å². The fourth-order valence-corrected chi connectivity index (χ4v) is 5.74. The normalized spacial score (nSPS) is 11.7. The molecule has 0 unspecified atom stereocenters. The van der Waals surface area contributed by atoms with Gasteiger partial charge in [-0.3, -0.25) is 4.98 Å². The van der Waals surface area contributed by atoms with E-state index in [-0.39, 0.29) is 0 Å². The molecule has 0 saturated heterocycles. The van der Waals surface area contributed by atoms with Crippen molar-refractivity contribution in [3.8, 4) is 27.9 Å². The second-order valence-electron chi connectivity index (χ2n) is 9.63. The van der Waals surface area contributed by atoms with Gasteiger partial charge < -0.3 is 8.98 Å². The van der Waals surface area contributed by atoms with Crippen molar-refractivity contribution in [1.82, 2.24) is 9.55 Å². The second kappa shape index (κ2) is 8.19. The number of rotatable bonds is 3. The van der Waals surface area contributed by atoms with E-state index >= 15 is 0 Å². The summed E-state index contributed by atoms with van der Waals surface area (Å²) in [7, 11) is 0. The van der Waals surface area contributed by atoms with E-state index in [1.807, 2.05) is 18.3 Å². The third-order valence-corrected chi connectivity index (χ3v) is 7.48. The molecule has 3 heteroatoms. The van der Waals surface area contributed by atoms with Crippen LogP contribution in [0.3, 0.4) is 0 Å². The number of para-hydroxylation sites is 2. The predicted octanol–water partition coefficient (Wildman–Crippen LogP) is 9.41. The highest BCUT2D eigenvalue weighted by Crippen LogP contribution is 2.37. The van der Waals surface area contributed by atoms with E-state index in [4.69, 9.17) is 4.42 Å². The summed E-state index contributed by atoms with van der Waals surface area (Å²) in [6, 6.07) is 45.0. The summed E-state index contributed by atoms with van der Waals surface area (Å²) >= 11 is 0. The molecule has 8 aromatic rings. The van der Waals surface area contributed by atoms with Crippen LogP contribution in [0.15, 0.2) is 138 Å². The zero-order chi connectivity index (χ0) is 25.1. The summed E-state index contributed by atoms with van der Waals surface area (Å²) in [5, 5.41) is 3.58. The van der Waals surface area contributed by atoms with Crippen molar-refractivity contribution in [3.63, 3.8) is 0 Å². The van der Waals surface area contributed by atoms with Crippen LogP contribution in [0.1, 0.15) is 0 Å². The van der Waals surface area contributed by atoms with Crippen molar-refractivity contribution in [3.05, 3.63) is 134 Å². The molecule has 3 heterocycles. The van der Waals surface area contributed by atoms with Gasteiger partial charge in [-0.1, -0.05) is 78.9 Å². The van der Waals surface area contributed by atoms with Crippen LogP contribution in [0.25, 0.3) is 71.8 Å². The largest absolute Gasteiger partial charge is 0.454 e. The molecule has 5 aromatic carbocycles. The van der Waals surface area contributed by atoms with Crippen LogP contribution >= 0.6 is 0 Å². The molecule has 0 radical (unpaired) electrons. The number of pyridine rings is 1. The fraction of sp³-hybridized carbons (Fsp3) is 0. The third kappa shape index (κ3) is 3.12. The van der Waals surface area contributed by atoms with Gasteiger partial charge in [0, 0.05) is 28.0 Å². The summed E-state index contributed by atoms with van der Waals surface area (Å²) in [6.45, 7) is 0. The number of aromatic nitrogens is 2. The molecule has 0 amide bonds. The molecule has 38 heavy (non-hydrogen) atoms. The number of furan rings is 1. The van der Waals surface area contributed by atoms with Crippen LogP contribution in [0.5, 0.6) is 0 Å². The van der Waals surface area contributed by atoms with E-state index in [1.54, 1.807) is 0 Å². The summed E-state index contributed by atoms with van der Waals surface area (Å²) in [4.78, 5) is 4.57. The minimum atomic E-state index is 0.814. The zero-order valence-corrected chi connectivity index (χ0v) is 20.5. The van der Waals surface area contributed by atoms with E-state index in [0.29, 0.717) is 0 Å². The molecule has 8 rings (SSSR count). The molecule has 0 saturated carbocycles. The molecule has 0 spiro atoms. The highest BCUT2D eigenvalue weighted by atomic mass is 16.3. The van der Waals surface area contributed by atoms with Gasteiger partial charge in [-0.15, -0.1) is 0 Å². The first-order valence-electron chi connectivity index (χ1n) is 12.8. The second-order valence-corrected chi connectivity index (χ2v) is 9.63. The van der Waals surface area contributed by atoms with Gasteiger partial charge in [-0.05, 0) is 70.8 Å². The van der Waals surface area contributed by atoms with Gasteiger partial charge in [0.25, 0.3) is 0 Å². The van der Waals surface area contributed by atoms with E-state index in [0.717, 1.165) is 33.3 Å². The number of hydrogen-bond acceptors (Lipinski definition) is 2. The van der Waals surface area contributed by atoms with Crippen molar-refractivity contribution in [2.45, 2.75) is 0 Å². The quantitative estimate of drug-likeness (QED) is 0.249. The summed E-state index contributed by atoms with van der Waals surface area (Å²) in [6.07, 6.45) is 1.82. The number of hydrogen-bond donors (Lipinski definition) is 0. The maximum atomic E-state index is 6.00. The smallest absolute Gasteiger partial charge is 0.153 e.